The van der Waals surface area contributed by atoms with E-state index in [1.165, 1.54) is 12.1 Å². The molecule has 2 aromatic rings. The Bertz CT molecular complexity index is 725. The summed E-state index contributed by atoms with van der Waals surface area (Å²) in [7, 11) is -3.22. The molecule has 0 aliphatic heterocycles. The van der Waals surface area contributed by atoms with Gasteiger partial charge in [-0.2, -0.15) is 0 Å². The second-order valence-electron chi connectivity index (χ2n) is 4.41. The van der Waals surface area contributed by atoms with E-state index in [2.05, 4.69) is 31.9 Å². The van der Waals surface area contributed by atoms with E-state index in [1.54, 1.807) is 12.1 Å². The summed E-state index contributed by atoms with van der Waals surface area (Å²) in [6.07, 6.45) is 0.332. The first kappa shape index (κ1) is 15.7. The molecule has 0 aromatic heterocycles. The third-order valence-corrected chi connectivity index (χ3v) is 5.22. The highest BCUT2D eigenvalue weighted by atomic mass is 79.9. The van der Waals surface area contributed by atoms with Gasteiger partial charge in [-0.15, -0.1) is 0 Å². The quantitative estimate of drug-likeness (QED) is 0.825. The van der Waals surface area contributed by atoms with Gasteiger partial charge in [-0.1, -0.05) is 44.0 Å². The summed E-state index contributed by atoms with van der Waals surface area (Å²) in [6.45, 7) is 0. The minimum atomic E-state index is -3.22. The van der Waals surface area contributed by atoms with E-state index in [4.69, 9.17) is 0 Å². The third-order valence-electron chi connectivity index (χ3n) is 2.88. The first-order chi connectivity index (χ1) is 9.29. The van der Waals surface area contributed by atoms with Crippen LogP contribution in [0.5, 0.6) is 0 Å². The summed E-state index contributed by atoms with van der Waals surface area (Å²) in [6, 6.07) is 11.8. The molecule has 3 nitrogen and oxygen atoms in total. The second-order valence-corrected chi connectivity index (χ2v) is 8.20. The highest BCUT2D eigenvalue weighted by Crippen LogP contribution is 2.31. The third kappa shape index (κ3) is 3.49. The Morgan fingerprint density at radius 1 is 1.05 bits per heavy atom. The molecule has 20 heavy (non-hydrogen) atoms. The summed E-state index contributed by atoms with van der Waals surface area (Å²) in [5.41, 5.74) is 1.35. The predicted molar refractivity (Wildman–Crippen MR) is 85.5 cm³/mol. The van der Waals surface area contributed by atoms with E-state index in [1.807, 2.05) is 18.2 Å². The van der Waals surface area contributed by atoms with E-state index in [0.29, 0.717) is 11.1 Å². The second kappa shape index (κ2) is 5.97. The molecule has 1 atom stereocenters. The zero-order valence-corrected chi connectivity index (χ0v) is 14.5. The summed E-state index contributed by atoms with van der Waals surface area (Å²) in [5, 5.41) is 10.4. The van der Waals surface area contributed by atoms with Crippen LogP contribution < -0.4 is 0 Å². The SMILES string of the molecule is CS(=O)(=O)c1ccc(C(O)c2cc(Br)ccc2Br)cc1. The smallest absolute Gasteiger partial charge is 0.175 e. The lowest BCUT2D eigenvalue weighted by Crippen LogP contribution is -2.02. The molecule has 1 N–H and O–H groups in total. The molecule has 0 fully saturated rings. The van der Waals surface area contributed by atoms with Crippen molar-refractivity contribution < 1.29 is 13.5 Å². The Morgan fingerprint density at radius 2 is 1.65 bits per heavy atom. The van der Waals surface area contributed by atoms with Crippen LogP contribution in [0.4, 0.5) is 0 Å². The Kier molecular flexibility index (Phi) is 4.69. The molecule has 0 saturated heterocycles. The Labute approximate surface area is 134 Å². The summed E-state index contributed by atoms with van der Waals surface area (Å²) < 4.78 is 24.5. The molecule has 0 aliphatic rings. The molecule has 0 heterocycles. The van der Waals surface area contributed by atoms with Crippen LogP contribution >= 0.6 is 31.9 Å². The Balaban J connectivity index is 2.39. The van der Waals surface area contributed by atoms with Crippen LogP contribution in [0.3, 0.4) is 0 Å². The van der Waals surface area contributed by atoms with Gasteiger partial charge in [-0.3, -0.25) is 0 Å². The van der Waals surface area contributed by atoms with Gasteiger partial charge in [0.05, 0.1) is 4.90 Å². The van der Waals surface area contributed by atoms with Crippen molar-refractivity contribution >= 4 is 41.7 Å². The highest BCUT2D eigenvalue weighted by molar-refractivity contribution is 9.11. The van der Waals surface area contributed by atoms with Crippen LogP contribution in [0.15, 0.2) is 56.3 Å². The van der Waals surface area contributed by atoms with Gasteiger partial charge in [0.1, 0.15) is 6.10 Å². The van der Waals surface area contributed by atoms with E-state index >= 15 is 0 Å². The minimum Gasteiger partial charge on any atom is -0.384 e. The lowest BCUT2D eigenvalue weighted by Gasteiger charge is -2.14. The van der Waals surface area contributed by atoms with Crippen molar-refractivity contribution in [2.75, 3.05) is 6.26 Å². The maximum Gasteiger partial charge on any atom is 0.175 e. The van der Waals surface area contributed by atoms with E-state index in [9.17, 15) is 13.5 Å². The van der Waals surface area contributed by atoms with Gasteiger partial charge in [-0.05, 0) is 35.9 Å². The predicted octanol–water partition coefficient (Wildman–Crippen LogP) is 3.70. The van der Waals surface area contributed by atoms with Gasteiger partial charge < -0.3 is 5.11 Å². The number of benzene rings is 2. The maximum atomic E-state index is 11.4. The summed E-state index contributed by atoms with van der Waals surface area (Å²) >= 11 is 6.76. The van der Waals surface area contributed by atoms with Crippen LogP contribution in [0.25, 0.3) is 0 Å². The molecule has 106 valence electrons. The number of hydrogen-bond donors (Lipinski definition) is 1. The fourth-order valence-electron chi connectivity index (χ4n) is 1.80. The van der Waals surface area contributed by atoms with Crippen LogP contribution in [0.2, 0.25) is 0 Å². The zero-order valence-electron chi connectivity index (χ0n) is 10.5. The van der Waals surface area contributed by atoms with Gasteiger partial charge in [0.2, 0.25) is 0 Å². The number of hydrogen-bond acceptors (Lipinski definition) is 3. The molecule has 0 saturated carbocycles. The number of aliphatic hydroxyl groups excluding tert-OH is 1. The van der Waals surface area contributed by atoms with E-state index in [-0.39, 0.29) is 4.90 Å². The zero-order chi connectivity index (χ0) is 14.9. The minimum absolute atomic E-state index is 0.238. The average Bonchev–Trinajstić information content (AvgIpc) is 2.40. The summed E-state index contributed by atoms with van der Waals surface area (Å²) in [4.78, 5) is 0.238. The van der Waals surface area contributed by atoms with E-state index in [0.717, 1.165) is 15.2 Å². The van der Waals surface area contributed by atoms with Crippen LogP contribution in [0.1, 0.15) is 17.2 Å². The molecule has 2 rings (SSSR count). The molecule has 0 bridgehead atoms. The number of sulfone groups is 1. The van der Waals surface area contributed by atoms with Gasteiger partial charge in [0, 0.05) is 20.8 Å². The number of halogens is 2. The van der Waals surface area contributed by atoms with Crippen LogP contribution in [-0.4, -0.2) is 19.8 Å². The van der Waals surface area contributed by atoms with Crippen molar-refractivity contribution in [2.24, 2.45) is 0 Å². The lowest BCUT2D eigenvalue weighted by molar-refractivity contribution is 0.219. The van der Waals surface area contributed by atoms with Crippen molar-refractivity contribution in [3.8, 4) is 0 Å². The monoisotopic (exact) mass is 418 g/mol. The first-order valence-electron chi connectivity index (χ1n) is 5.72. The molecule has 0 aliphatic carbocycles. The molecule has 0 spiro atoms. The Hall–Kier alpha value is -0.690. The normalized spacial score (nSPS) is 13.2. The van der Waals surface area contributed by atoms with Gasteiger partial charge in [-0.25, -0.2) is 8.42 Å². The Morgan fingerprint density at radius 3 is 2.20 bits per heavy atom. The topological polar surface area (TPSA) is 54.4 Å². The highest BCUT2D eigenvalue weighted by Gasteiger charge is 2.15. The van der Waals surface area contributed by atoms with Gasteiger partial charge in [0.25, 0.3) is 0 Å². The lowest BCUT2D eigenvalue weighted by atomic mass is 10.0. The summed E-state index contributed by atoms with van der Waals surface area (Å²) in [5.74, 6) is 0. The van der Waals surface area contributed by atoms with Crippen molar-refractivity contribution in [2.45, 2.75) is 11.0 Å². The maximum absolute atomic E-state index is 11.4. The van der Waals surface area contributed by atoms with Crippen molar-refractivity contribution in [1.29, 1.82) is 0 Å². The molecule has 0 radical (unpaired) electrons. The number of aliphatic hydroxyl groups is 1. The van der Waals surface area contributed by atoms with Crippen LogP contribution in [-0.2, 0) is 9.84 Å². The molecule has 1 unspecified atom stereocenters. The molecule has 2 aromatic carbocycles. The van der Waals surface area contributed by atoms with Crippen LogP contribution in [0, 0.1) is 0 Å². The first-order valence-corrected chi connectivity index (χ1v) is 9.20. The molecule has 0 amide bonds. The molecule has 6 heteroatoms. The van der Waals surface area contributed by atoms with E-state index < -0.39 is 15.9 Å². The van der Waals surface area contributed by atoms with Crippen molar-refractivity contribution in [1.82, 2.24) is 0 Å². The van der Waals surface area contributed by atoms with Crippen molar-refractivity contribution in [3.63, 3.8) is 0 Å². The van der Waals surface area contributed by atoms with Gasteiger partial charge >= 0.3 is 0 Å². The average molecular weight is 420 g/mol. The fraction of sp³-hybridized carbons (Fsp3) is 0.143. The standard InChI is InChI=1S/C14H12Br2O3S/c1-20(18,19)11-5-2-9(3-6-11)14(17)12-8-10(15)4-7-13(12)16/h2-8,14,17H,1H3. The molecular formula is C14H12Br2O3S. The fourth-order valence-corrected chi connectivity index (χ4v) is 3.27. The van der Waals surface area contributed by atoms with Crippen molar-refractivity contribution in [3.05, 3.63) is 62.5 Å². The largest absolute Gasteiger partial charge is 0.384 e. The number of rotatable bonds is 3. The molecular weight excluding hydrogens is 408 g/mol. The van der Waals surface area contributed by atoms with Gasteiger partial charge in [0.15, 0.2) is 9.84 Å².